The molecule has 0 spiro atoms. The summed E-state index contributed by atoms with van der Waals surface area (Å²) >= 11 is 5.81. The van der Waals surface area contributed by atoms with Crippen LogP contribution in [0.5, 0.6) is 0 Å². The second-order valence-electron chi connectivity index (χ2n) is 6.57. The fourth-order valence-corrected chi connectivity index (χ4v) is 2.70. The molecule has 0 aliphatic rings. The van der Waals surface area contributed by atoms with Gasteiger partial charge in [-0.2, -0.15) is 5.10 Å². The Labute approximate surface area is 184 Å². The molecule has 7 nitrogen and oxygen atoms in total. The third-order valence-corrected chi connectivity index (χ3v) is 4.44. The number of hydrogen-bond donors (Lipinski definition) is 3. The van der Waals surface area contributed by atoms with Gasteiger partial charge < -0.3 is 10.6 Å². The zero-order valence-electron chi connectivity index (χ0n) is 16.6. The molecule has 0 radical (unpaired) electrons. The highest BCUT2D eigenvalue weighted by Gasteiger charge is 2.17. The van der Waals surface area contributed by atoms with Gasteiger partial charge in [-0.3, -0.25) is 14.4 Å². The van der Waals surface area contributed by atoms with Crippen LogP contribution in [0.4, 0.5) is 11.4 Å². The summed E-state index contributed by atoms with van der Waals surface area (Å²) in [6, 6.07) is 20.5. The van der Waals surface area contributed by atoms with Crippen molar-refractivity contribution < 1.29 is 14.4 Å². The van der Waals surface area contributed by atoms with Gasteiger partial charge in [-0.05, 0) is 48.9 Å². The highest BCUT2D eigenvalue weighted by atomic mass is 35.5. The molecule has 0 heterocycles. The molecule has 8 heteroatoms. The summed E-state index contributed by atoms with van der Waals surface area (Å²) in [5, 5.41) is 9.52. The van der Waals surface area contributed by atoms with Gasteiger partial charge in [0.25, 0.3) is 5.91 Å². The molecule has 0 aliphatic carbocycles. The second kappa shape index (κ2) is 10.2. The zero-order chi connectivity index (χ0) is 22.2. The number of nitrogens with zero attached hydrogens (tertiary/aromatic N) is 1. The number of para-hydroxylation sites is 1. The minimum absolute atomic E-state index is 0.203. The smallest absolute Gasteiger partial charge is 0.322 e. The molecular weight excluding hydrogens is 416 g/mol. The van der Waals surface area contributed by atoms with Gasteiger partial charge in [0.1, 0.15) is 0 Å². The first-order valence-electron chi connectivity index (χ1n) is 9.29. The number of nitrogens with one attached hydrogen (secondary N) is 3. The molecule has 0 aliphatic heterocycles. The van der Waals surface area contributed by atoms with E-state index in [2.05, 4.69) is 21.2 Å². The van der Waals surface area contributed by atoms with E-state index in [1.165, 1.54) is 12.3 Å². The van der Waals surface area contributed by atoms with E-state index in [0.717, 1.165) is 5.56 Å². The molecule has 156 valence electrons. The van der Waals surface area contributed by atoms with Crippen LogP contribution in [0.2, 0.25) is 5.02 Å². The van der Waals surface area contributed by atoms with Crippen molar-refractivity contribution in [3.05, 3.63) is 94.5 Å². The van der Waals surface area contributed by atoms with Gasteiger partial charge in [0.15, 0.2) is 0 Å². The Morgan fingerprint density at radius 3 is 2.23 bits per heavy atom. The van der Waals surface area contributed by atoms with E-state index in [0.29, 0.717) is 16.3 Å². The summed E-state index contributed by atoms with van der Waals surface area (Å²) < 4.78 is 0. The molecule has 0 saturated heterocycles. The van der Waals surface area contributed by atoms with Gasteiger partial charge >= 0.3 is 11.8 Å². The van der Waals surface area contributed by atoms with Gasteiger partial charge in [0, 0.05) is 10.7 Å². The molecule has 0 atom stereocenters. The van der Waals surface area contributed by atoms with Crippen molar-refractivity contribution in [2.24, 2.45) is 5.10 Å². The standard InChI is InChI=1S/C23H19ClN4O3/c1-15-6-12-18(13-7-15)26-21(29)19-4-2-3-5-20(19)27-22(30)23(31)28-25-14-16-8-10-17(24)11-9-16/h2-14H,1H3,(H,26,29)(H,27,30)(H,28,31). The molecule has 0 fully saturated rings. The van der Waals surface area contributed by atoms with Crippen LogP contribution in [0.25, 0.3) is 0 Å². The van der Waals surface area contributed by atoms with E-state index in [1.54, 1.807) is 54.6 Å². The molecule has 31 heavy (non-hydrogen) atoms. The largest absolute Gasteiger partial charge is 0.329 e. The molecular formula is C23H19ClN4O3. The van der Waals surface area contributed by atoms with Crippen molar-refractivity contribution in [1.29, 1.82) is 0 Å². The minimum atomic E-state index is -0.973. The van der Waals surface area contributed by atoms with Crippen LogP contribution >= 0.6 is 11.6 Å². The highest BCUT2D eigenvalue weighted by Crippen LogP contribution is 2.18. The van der Waals surface area contributed by atoms with E-state index in [-0.39, 0.29) is 11.3 Å². The van der Waals surface area contributed by atoms with E-state index in [9.17, 15) is 14.4 Å². The lowest BCUT2D eigenvalue weighted by Crippen LogP contribution is -2.33. The van der Waals surface area contributed by atoms with Crippen molar-refractivity contribution in [3.8, 4) is 0 Å². The monoisotopic (exact) mass is 434 g/mol. The quantitative estimate of drug-likeness (QED) is 0.321. The average Bonchev–Trinajstić information content (AvgIpc) is 2.77. The number of hydrazone groups is 1. The lowest BCUT2D eigenvalue weighted by molar-refractivity contribution is -0.136. The van der Waals surface area contributed by atoms with E-state index in [4.69, 9.17) is 11.6 Å². The molecule has 3 aromatic rings. The molecule has 3 N–H and O–H groups in total. The highest BCUT2D eigenvalue weighted by molar-refractivity contribution is 6.40. The van der Waals surface area contributed by atoms with Crippen LogP contribution in [0.3, 0.4) is 0 Å². The fourth-order valence-electron chi connectivity index (χ4n) is 2.57. The van der Waals surface area contributed by atoms with Crippen molar-refractivity contribution in [1.82, 2.24) is 5.43 Å². The molecule has 0 unspecified atom stereocenters. The number of carbonyl (C=O) groups excluding carboxylic acids is 3. The maximum absolute atomic E-state index is 12.6. The number of amides is 3. The van der Waals surface area contributed by atoms with Crippen molar-refractivity contribution in [3.63, 3.8) is 0 Å². The summed E-state index contributed by atoms with van der Waals surface area (Å²) in [5.74, 6) is -2.34. The molecule has 3 aromatic carbocycles. The van der Waals surface area contributed by atoms with Crippen LogP contribution in [0.1, 0.15) is 21.5 Å². The fraction of sp³-hybridized carbons (Fsp3) is 0.0435. The third-order valence-electron chi connectivity index (χ3n) is 4.19. The summed E-state index contributed by atoms with van der Waals surface area (Å²) in [4.78, 5) is 36.9. The Morgan fingerprint density at radius 1 is 0.839 bits per heavy atom. The van der Waals surface area contributed by atoms with Gasteiger partial charge in [0.05, 0.1) is 17.5 Å². The zero-order valence-corrected chi connectivity index (χ0v) is 17.3. The molecule has 0 saturated carbocycles. The second-order valence-corrected chi connectivity index (χ2v) is 7.01. The Bertz CT molecular complexity index is 1130. The molecule has 0 aromatic heterocycles. The number of benzene rings is 3. The van der Waals surface area contributed by atoms with Gasteiger partial charge in [0.2, 0.25) is 0 Å². The lowest BCUT2D eigenvalue weighted by atomic mass is 10.1. The summed E-state index contributed by atoms with van der Waals surface area (Å²) in [7, 11) is 0. The first-order chi connectivity index (χ1) is 14.9. The molecule has 0 bridgehead atoms. The number of anilines is 2. The van der Waals surface area contributed by atoms with Crippen LogP contribution < -0.4 is 16.1 Å². The maximum atomic E-state index is 12.6. The first-order valence-corrected chi connectivity index (χ1v) is 9.67. The van der Waals surface area contributed by atoms with E-state index in [1.807, 2.05) is 19.1 Å². The van der Waals surface area contributed by atoms with E-state index < -0.39 is 17.7 Å². The summed E-state index contributed by atoms with van der Waals surface area (Å²) in [5.41, 5.74) is 4.94. The van der Waals surface area contributed by atoms with E-state index >= 15 is 0 Å². The van der Waals surface area contributed by atoms with Crippen LogP contribution in [-0.2, 0) is 9.59 Å². The van der Waals surface area contributed by atoms with Gasteiger partial charge in [-0.25, -0.2) is 5.43 Å². The van der Waals surface area contributed by atoms with Crippen LogP contribution in [0.15, 0.2) is 77.9 Å². The lowest BCUT2D eigenvalue weighted by Gasteiger charge is -2.11. The van der Waals surface area contributed by atoms with Crippen molar-refractivity contribution >= 4 is 46.9 Å². The number of rotatable bonds is 5. The molecule has 3 amide bonds. The Kier molecular flexibility index (Phi) is 7.13. The van der Waals surface area contributed by atoms with Gasteiger partial charge in [-0.1, -0.05) is 53.6 Å². The topological polar surface area (TPSA) is 99.7 Å². The summed E-state index contributed by atoms with van der Waals surface area (Å²) in [6.45, 7) is 1.95. The SMILES string of the molecule is Cc1ccc(NC(=O)c2ccccc2NC(=O)C(=O)NN=Cc2ccc(Cl)cc2)cc1. The number of hydrogen-bond acceptors (Lipinski definition) is 4. The Hall–Kier alpha value is -3.97. The maximum Gasteiger partial charge on any atom is 0.329 e. The minimum Gasteiger partial charge on any atom is -0.322 e. The van der Waals surface area contributed by atoms with Crippen molar-refractivity contribution in [2.75, 3.05) is 10.6 Å². The predicted molar refractivity (Wildman–Crippen MR) is 121 cm³/mol. The van der Waals surface area contributed by atoms with Crippen LogP contribution in [0, 0.1) is 6.92 Å². The van der Waals surface area contributed by atoms with Crippen LogP contribution in [-0.4, -0.2) is 23.9 Å². The number of halogens is 1. The van der Waals surface area contributed by atoms with Crippen molar-refractivity contribution in [2.45, 2.75) is 6.92 Å². The van der Waals surface area contributed by atoms with Gasteiger partial charge in [-0.15, -0.1) is 0 Å². The average molecular weight is 435 g/mol. The normalized spacial score (nSPS) is 10.5. The Balaban J connectivity index is 1.63. The number of carbonyl (C=O) groups is 3. The number of aryl methyl sites for hydroxylation is 1. The predicted octanol–water partition coefficient (Wildman–Crippen LogP) is 3.99. The first kappa shape index (κ1) is 21.7. The third kappa shape index (κ3) is 6.25. The Morgan fingerprint density at radius 2 is 1.52 bits per heavy atom. The summed E-state index contributed by atoms with van der Waals surface area (Å²) in [6.07, 6.45) is 1.38. The molecule has 3 rings (SSSR count).